The molecule has 1 unspecified atom stereocenters. The summed E-state index contributed by atoms with van der Waals surface area (Å²) in [7, 11) is 3.54. The summed E-state index contributed by atoms with van der Waals surface area (Å²) >= 11 is 0. The Morgan fingerprint density at radius 2 is 1.95 bits per heavy atom. The molecule has 0 fully saturated rings. The van der Waals surface area contributed by atoms with Crippen molar-refractivity contribution in [3.8, 4) is 0 Å². The molecule has 0 radical (unpaired) electrons. The number of aromatic nitrogens is 2. The Hall–Kier alpha value is -2.17. The summed E-state index contributed by atoms with van der Waals surface area (Å²) in [6.07, 6.45) is 1.57. The largest absolute Gasteiger partial charge is 0.335 e. The third-order valence-electron chi connectivity index (χ3n) is 3.72. The Balaban J connectivity index is 2.22. The highest BCUT2D eigenvalue weighted by Crippen LogP contribution is 2.21. The van der Waals surface area contributed by atoms with Gasteiger partial charge in [0.2, 0.25) is 0 Å². The van der Waals surface area contributed by atoms with Gasteiger partial charge in [0, 0.05) is 19.8 Å². The van der Waals surface area contributed by atoms with Crippen molar-refractivity contribution < 1.29 is 9.18 Å². The molecular weight excluding hydrogens is 257 g/mol. The van der Waals surface area contributed by atoms with Crippen molar-refractivity contribution in [1.29, 1.82) is 0 Å². The van der Waals surface area contributed by atoms with Gasteiger partial charge in [-0.2, -0.15) is 5.10 Å². The molecule has 5 heteroatoms. The van der Waals surface area contributed by atoms with Crippen LogP contribution in [-0.4, -0.2) is 27.6 Å². The average Bonchev–Trinajstić information content (AvgIpc) is 2.77. The molecule has 0 aliphatic heterocycles. The van der Waals surface area contributed by atoms with Gasteiger partial charge in [0.05, 0.1) is 17.8 Å². The van der Waals surface area contributed by atoms with Crippen LogP contribution in [-0.2, 0) is 7.05 Å². The lowest BCUT2D eigenvalue weighted by molar-refractivity contribution is 0.0742. The summed E-state index contributed by atoms with van der Waals surface area (Å²) in [6.45, 7) is 3.77. The van der Waals surface area contributed by atoms with Crippen LogP contribution in [0.3, 0.4) is 0 Å². The van der Waals surface area contributed by atoms with Gasteiger partial charge in [-0.05, 0) is 31.5 Å². The minimum atomic E-state index is -0.280. The van der Waals surface area contributed by atoms with Crippen molar-refractivity contribution in [2.24, 2.45) is 7.05 Å². The second-order valence-electron chi connectivity index (χ2n) is 4.91. The number of hydrogen-bond donors (Lipinski definition) is 0. The number of carbonyl (C=O) groups is 1. The maximum atomic E-state index is 12.9. The quantitative estimate of drug-likeness (QED) is 0.863. The van der Waals surface area contributed by atoms with E-state index in [2.05, 4.69) is 5.10 Å². The van der Waals surface area contributed by atoms with Crippen molar-refractivity contribution >= 4 is 5.91 Å². The number of carbonyl (C=O) groups excluding carboxylic acids is 1. The summed E-state index contributed by atoms with van der Waals surface area (Å²) in [5.41, 5.74) is 2.31. The molecule has 0 spiro atoms. The fourth-order valence-corrected chi connectivity index (χ4v) is 2.04. The molecule has 20 heavy (non-hydrogen) atoms. The number of benzene rings is 1. The molecule has 106 valence electrons. The zero-order valence-electron chi connectivity index (χ0n) is 12.1. The van der Waals surface area contributed by atoms with Crippen molar-refractivity contribution in [2.45, 2.75) is 19.9 Å². The van der Waals surface area contributed by atoms with E-state index in [1.54, 1.807) is 42.0 Å². The molecule has 0 saturated carbocycles. The highest BCUT2D eigenvalue weighted by Gasteiger charge is 2.22. The Morgan fingerprint density at radius 1 is 1.35 bits per heavy atom. The minimum absolute atomic E-state index is 0.0903. The van der Waals surface area contributed by atoms with E-state index in [9.17, 15) is 9.18 Å². The van der Waals surface area contributed by atoms with E-state index in [-0.39, 0.29) is 17.8 Å². The molecule has 1 aromatic heterocycles. The first-order valence-electron chi connectivity index (χ1n) is 6.43. The molecule has 1 aromatic carbocycles. The summed E-state index contributed by atoms with van der Waals surface area (Å²) in [5, 5.41) is 4.08. The third-order valence-corrected chi connectivity index (χ3v) is 3.72. The molecule has 0 aliphatic rings. The normalized spacial score (nSPS) is 12.2. The molecule has 0 saturated heterocycles. The number of rotatable bonds is 3. The van der Waals surface area contributed by atoms with Gasteiger partial charge < -0.3 is 4.90 Å². The highest BCUT2D eigenvalue weighted by molar-refractivity contribution is 5.95. The SMILES string of the molecule is Cc1c(C(=O)N(C)C(C)c2ccc(F)cc2)cnn1C. The lowest BCUT2D eigenvalue weighted by atomic mass is 10.1. The predicted molar refractivity (Wildman–Crippen MR) is 74.9 cm³/mol. The van der Waals surface area contributed by atoms with Gasteiger partial charge in [0.15, 0.2) is 0 Å². The fraction of sp³-hybridized carbons (Fsp3) is 0.333. The fourth-order valence-electron chi connectivity index (χ4n) is 2.04. The van der Waals surface area contributed by atoms with E-state index < -0.39 is 0 Å². The molecule has 0 bridgehead atoms. The number of amides is 1. The van der Waals surface area contributed by atoms with Gasteiger partial charge in [-0.25, -0.2) is 4.39 Å². The Labute approximate surface area is 117 Å². The van der Waals surface area contributed by atoms with E-state index in [4.69, 9.17) is 0 Å². The Kier molecular flexibility index (Phi) is 3.88. The molecule has 0 N–H and O–H groups in total. The summed E-state index contributed by atoms with van der Waals surface area (Å²) < 4.78 is 14.6. The maximum absolute atomic E-state index is 12.9. The van der Waals surface area contributed by atoms with Crippen LogP contribution in [0.1, 0.15) is 34.6 Å². The monoisotopic (exact) mass is 275 g/mol. The average molecular weight is 275 g/mol. The molecule has 1 amide bonds. The van der Waals surface area contributed by atoms with Crippen molar-refractivity contribution in [3.63, 3.8) is 0 Å². The second-order valence-corrected chi connectivity index (χ2v) is 4.91. The van der Waals surface area contributed by atoms with Crippen LogP contribution in [0.2, 0.25) is 0 Å². The molecule has 0 aliphatic carbocycles. The van der Waals surface area contributed by atoms with Gasteiger partial charge in [-0.3, -0.25) is 9.48 Å². The Morgan fingerprint density at radius 3 is 2.45 bits per heavy atom. The van der Waals surface area contributed by atoms with Gasteiger partial charge in [-0.1, -0.05) is 12.1 Å². The van der Waals surface area contributed by atoms with Crippen LogP contribution >= 0.6 is 0 Å². The van der Waals surface area contributed by atoms with E-state index in [0.29, 0.717) is 5.56 Å². The molecule has 2 rings (SSSR count). The second kappa shape index (κ2) is 5.45. The number of halogens is 1. The lowest BCUT2D eigenvalue weighted by Crippen LogP contribution is -2.30. The van der Waals surface area contributed by atoms with E-state index in [1.165, 1.54) is 12.1 Å². The van der Waals surface area contributed by atoms with Crippen LogP contribution in [0.4, 0.5) is 4.39 Å². The molecule has 4 nitrogen and oxygen atoms in total. The Bertz CT molecular complexity index is 619. The molecule has 1 atom stereocenters. The van der Waals surface area contributed by atoms with Crippen LogP contribution in [0.15, 0.2) is 30.5 Å². The first-order valence-corrected chi connectivity index (χ1v) is 6.43. The van der Waals surface area contributed by atoms with Crippen LogP contribution < -0.4 is 0 Å². The summed E-state index contributed by atoms with van der Waals surface area (Å²) in [5.74, 6) is -0.370. The smallest absolute Gasteiger partial charge is 0.257 e. The zero-order chi connectivity index (χ0) is 14.9. The number of nitrogens with zero attached hydrogens (tertiary/aromatic N) is 3. The van der Waals surface area contributed by atoms with Gasteiger partial charge in [-0.15, -0.1) is 0 Å². The van der Waals surface area contributed by atoms with Gasteiger partial charge >= 0.3 is 0 Å². The first kappa shape index (κ1) is 14.2. The molecule has 2 aromatic rings. The first-order chi connectivity index (χ1) is 9.41. The van der Waals surface area contributed by atoms with Crippen molar-refractivity contribution in [3.05, 3.63) is 53.1 Å². The van der Waals surface area contributed by atoms with E-state index in [1.807, 2.05) is 13.8 Å². The zero-order valence-corrected chi connectivity index (χ0v) is 12.1. The van der Waals surface area contributed by atoms with E-state index >= 15 is 0 Å². The van der Waals surface area contributed by atoms with Crippen LogP contribution in [0.5, 0.6) is 0 Å². The van der Waals surface area contributed by atoms with Gasteiger partial charge in [0.1, 0.15) is 5.82 Å². The summed E-state index contributed by atoms with van der Waals surface area (Å²) in [6, 6.07) is 6.06. The van der Waals surface area contributed by atoms with E-state index in [0.717, 1.165) is 11.3 Å². The third kappa shape index (κ3) is 2.57. The predicted octanol–water partition coefficient (Wildman–Crippen LogP) is 2.70. The van der Waals surface area contributed by atoms with Crippen LogP contribution in [0.25, 0.3) is 0 Å². The number of hydrogen-bond acceptors (Lipinski definition) is 2. The number of aryl methyl sites for hydroxylation is 1. The lowest BCUT2D eigenvalue weighted by Gasteiger charge is -2.25. The standard InChI is InChI=1S/C15H18FN3O/c1-10(12-5-7-13(16)8-6-12)18(3)15(20)14-9-17-19(4)11(14)2/h5-10H,1-4H3. The minimum Gasteiger partial charge on any atom is -0.335 e. The summed E-state index contributed by atoms with van der Waals surface area (Å²) in [4.78, 5) is 14.1. The molecular formula is C15H18FN3O. The van der Waals surface area contributed by atoms with Gasteiger partial charge in [0.25, 0.3) is 5.91 Å². The highest BCUT2D eigenvalue weighted by atomic mass is 19.1. The maximum Gasteiger partial charge on any atom is 0.257 e. The molecule has 1 heterocycles. The van der Waals surface area contributed by atoms with Crippen molar-refractivity contribution in [1.82, 2.24) is 14.7 Å². The topological polar surface area (TPSA) is 38.1 Å². The van der Waals surface area contributed by atoms with Crippen LogP contribution in [0, 0.1) is 12.7 Å². The van der Waals surface area contributed by atoms with Crippen molar-refractivity contribution in [2.75, 3.05) is 7.05 Å².